The Kier molecular flexibility index (Phi) is 4.81. The van der Waals surface area contributed by atoms with Gasteiger partial charge >= 0.3 is 0 Å². The normalized spacial score (nSPS) is 11.4. The Morgan fingerprint density at radius 1 is 0.852 bits per heavy atom. The van der Waals surface area contributed by atoms with Crippen LogP contribution in [-0.4, -0.2) is 21.7 Å². The van der Waals surface area contributed by atoms with Crippen LogP contribution in [0, 0.1) is 0 Å². The Morgan fingerprint density at radius 2 is 1.41 bits per heavy atom. The minimum absolute atomic E-state index is 0.0348. The van der Waals surface area contributed by atoms with Gasteiger partial charge < -0.3 is 0 Å². The van der Waals surface area contributed by atoms with Gasteiger partial charge in [0.15, 0.2) is 0 Å². The third kappa shape index (κ3) is 3.52. The van der Waals surface area contributed by atoms with Crippen molar-refractivity contribution in [2.45, 2.75) is 12.7 Å². The van der Waals surface area contributed by atoms with Crippen molar-refractivity contribution in [1.82, 2.24) is 14.7 Å². The van der Waals surface area contributed by atoms with Crippen LogP contribution in [0.3, 0.4) is 0 Å². The first-order chi connectivity index (χ1) is 13.2. The lowest BCUT2D eigenvalue weighted by Gasteiger charge is -2.29. The van der Waals surface area contributed by atoms with E-state index < -0.39 is 0 Å². The fourth-order valence-corrected chi connectivity index (χ4v) is 3.49. The van der Waals surface area contributed by atoms with Gasteiger partial charge in [0.2, 0.25) is 0 Å². The highest BCUT2D eigenvalue weighted by atomic mass is 16.1. The van der Waals surface area contributed by atoms with Crippen LogP contribution < -0.4 is 5.56 Å². The third-order valence-corrected chi connectivity index (χ3v) is 4.79. The van der Waals surface area contributed by atoms with Crippen LogP contribution >= 0.6 is 0 Å². The zero-order valence-electron chi connectivity index (χ0n) is 15.2. The molecule has 0 spiro atoms. The van der Waals surface area contributed by atoms with E-state index in [1.807, 2.05) is 67.7 Å². The lowest BCUT2D eigenvalue weighted by molar-refractivity contribution is 0.205. The zero-order chi connectivity index (χ0) is 18.6. The summed E-state index contributed by atoms with van der Waals surface area (Å²) in [4.78, 5) is 15.0. The van der Waals surface area contributed by atoms with Gasteiger partial charge in [0.1, 0.15) is 0 Å². The molecule has 0 atom stereocenters. The van der Waals surface area contributed by atoms with E-state index in [-0.39, 0.29) is 11.6 Å². The molecule has 0 radical (unpaired) electrons. The highest BCUT2D eigenvalue weighted by Gasteiger charge is 2.20. The van der Waals surface area contributed by atoms with Gasteiger partial charge in [-0.3, -0.25) is 9.69 Å². The highest BCUT2D eigenvalue weighted by Crippen LogP contribution is 2.27. The van der Waals surface area contributed by atoms with Gasteiger partial charge in [-0.05, 0) is 24.2 Å². The second-order valence-electron chi connectivity index (χ2n) is 6.66. The maximum absolute atomic E-state index is 12.8. The molecule has 3 aromatic carbocycles. The molecule has 0 bridgehead atoms. The molecule has 0 fully saturated rings. The smallest absolute Gasteiger partial charge is 0.275 e. The summed E-state index contributed by atoms with van der Waals surface area (Å²) in [5.41, 5.74) is 2.29. The summed E-state index contributed by atoms with van der Waals surface area (Å²) in [6, 6.07) is 28.3. The van der Waals surface area contributed by atoms with E-state index in [2.05, 4.69) is 34.3 Å². The highest BCUT2D eigenvalue weighted by molar-refractivity contribution is 5.80. The molecule has 0 aliphatic carbocycles. The van der Waals surface area contributed by atoms with Gasteiger partial charge in [0.05, 0.1) is 24.3 Å². The molecular formula is C23H21N3O. The summed E-state index contributed by atoms with van der Waals surface area (Å²) in [6.45, 7) is 0.401. The monoisotopic (exact) mass is 355 g/mol. The molecule has 4 aromatic rings. The van der Waals surface area contributed by atoms with E-state index in [1.165, 1.54) is 15.8 Å². The van der Waals surface area contributed by atoms with Crippen molar-refractivity contribution in [3.63, 3.8) is 0 Å². The Bertz CT molecular complexity index is 1050. The molecule has 4 heteroatoms. The van der Waals surface area contributed by atoms with Gasteiger partial charge in [-0.2, -0.15) is 5.10 Å². The standard InChI is InChI=1S/C23H21N3O/c1-25(17-26-23(27)21-15-9-8-14-20(21)16-24-26)22(18-10-4-2-5-11-18)19-12-6-3-7-13-19/h2-16,22H,17H2,1H3. The number of rotatable bonds is 5. The molecule has 0 unspecified atom stereocenters. The average molecular weight is 355 g/mol. The summed E-state index contributed by atoms with van der Waals surface area (Å²) in [7, 11) is 2.02. The summed E-state index contributed by atoms with van der Waals surface area (Å²) in [5.74, 6) is 0. The fourth-order valence-electron chi connectivity index (χ4n) is 3.49. The summed E-state index contributed by atoms with van der Waals surface area (Å²) < 4.78 is 1.53. The molecular weight excluding hydrogens is 334 g/mol. The van der Waals surface area contributed by atoms with Crippen LogP contribution in [0.4, 0.5) is 0 Å². The molecule has 1 heterocycles. The third-order valence-electron chi connectivity index (χ3n) is 4.79. The quantitative estimate of drug-likeness (QED) is 0.541. The predicted molar refractivity (Wildman–Crippen MR) is 108 cm³/mol. The minimum atomic E-state index is -0.0696. The summed E-state index contributed by atoms with van der Waals surface area (Å²) in [5, 5.41) is 5.94. The molecule has 4 nitrogen and oxygen atoms in total. The fraction of sp³-hybridized carbons (Fsp3) is 0.130. The van der Waals surface area contributed by atoms with Gasteiger partial charge in [-0.25, -0.2) is 4.68 Å². The van der Waals surface area contributed by atoms with Crippen LogP contribution in [0.5, 0.6) is 0 Å². The molecule has 0 aliphatic rings. The lowest BCUT2D eigenvalue weighted by atomic mass is 9.98. The molecule has 0 aliphatic heterocycles. The van der Waals surface area contributed by atoms with Crippen LogP contribution in [0.15, 0.2) is 95.9 Å². The van der Waals surface area contributed by atoms with Gasteiger partial charge in [0.25, 0.3) is 5.56 Å². The van der Waals surface area contributed by atoms with Crippen molar-refractivity contribution in [3.05, 3.63) is 113 Å². The largest absolute Gasteiger partial charge is 0.276 e. The Morgan fingerprint density at radius 3 is 2.04 bits per heavy atom. The molecule has 0 N–H and O–H groups in total. The van der Waals surface area contributed by atoms with E-state index in [0.717, 1.165) is 5.39 Å². The first-order valence-electron chi connectivity index (χ1n) is 8.99. The SMILES string of the molecule is CN(Cn1ncc2ccccc2c1=O)C(c1ccccc1)c1ccccc1. The number of fused-ring (bicyclic) bond motifs is 1. The summed E-state index contributed by atoms with van der Waals surface area (Å²) in [6.07, 6.45) is 1.75. The first-order valence-corrected chi connectivity index (χ1v) is 8.99. The van der Waals surface area contributed by atoms with Crippen molar-refractivity contribution in [1.29, 1.82) is 0 Å². The Labute approximate surface area is 158 Å². The van der Waals surface area contributed by atoms with Crippen LogP contribution in [-0.2, 0) is 6.67 Å². The van der Waals surface area contributed by atoms with Crippen molar-refractivity contribution >= 4 is 10.8 Å². The topological polar surface area (TPSA) is 38.1 Å². The van der Waals surface area contributed by atoms with Crippen molar-refractivity contribution in [2.75, 3.05) is 7.05 Å². The number of hydrogen-bond donors (Lipinski definition) is 0. The summed E-state index contributed by atoms with van der Waals surface area (Å²) >= 11 is 0. The predicted octanol–water partition coefficient (Wildman–Crippen LogP) is 4.08. The molecule has 0 saturated heterocycles. The molecule has 0 saturated carbocycles. The van der Waals surface area contributed by atoms with Gasteiger partial charge in [0, 0.05) is 5.39 Å². The van der Waals surface area contributed by atoms with E-state index in [9.17, 15) is 4.79 Å². The van der Waals surface area contributed by atoms with Crippen LogP contribution in [0.1, 0.15) is 17.2 Å². The number of aromatic nitrogens is 2. The number of hydrogen-bond acceptors (Lipinski definition) is 3. The van der Waals surface area contributed by atoms with Crippen LogP contribution in [0.2, 0.25) is 0 Å². The maximum Gasteiger partial charge on any atom is 0.275 e. The second kappa shape index (κ2) is 7.56. The van der Waals surface area contributed by atoms with Crippen LogP contribution in [0.25, 0.3) is 10.8 Å². The number of nitrogens with zero attached hydrogens (tertiary/aromatic N) is 3. The Balaban J connectivity index is 1.72. The zero-order valence-corrected chi connectivity index (χ0v) is 15.2. The van der Waals surface area contributed by atoms with Gasteiger partial charge in [-0.1, -0.05) is 78.9 Å². The molecule has 27 heavy (non-hydrogen) atoms. The first kappa shape index (κ1) is 17.2. The minimum Gasteiger partial charge on any atom is -0.276 e. The van der Waals surface area contributed by atoms with E-state index >= 15 is 0 Å². The van der Waals surface area contributed by atoms with Gasteiger partial charge in [-0.15, -0.1) is 0 Å². The molecule has 4 rings (SSSR count). The molecule has 134 valence electrons. The van der Waals surface area contributed by atoms with E-state index in [0.29, 0.717) is 12.1 Å². The molecule has 0 amide bonds. The maximum atomic E-state index is 12.8. The van der Waals surface area contributed by atoms with Crippen molar-refractivity contribution in [3.8, 4) is 0 Å². The number of benzene rings is 3. The average Bonchev–Trinajstić information content (AvgIpc) is 2.72. The van der Waals surface area contributed by atoms with Crippen molar-refractivity contribution < 1.29 is 0 Å². The van der Waals surface area contributed by atoms with E-state index in [1.54, 1.807) is 6.20 Å². The molecule has 1 aromatic heterocycles. The van der Waals surface area contributed by atoms with E-state index in [4.69, 9.17) is 0 Å². The second-order valence-corrected chi connectivity index (χ2v) is 6.66. The lowest BCUT2D eigenvalue weighted by Crippen LogP contribution is -2.34. The van der Waals surface area contributed by atoms with Crippen molar-refractivity contribution in [2.24, 2.45) is 0 Å². The Hall–Kier alpha value is -3.24.